The van der Waals surface area contributed by atoms with Crippen molar-refractivity contribution in [3.8, 4) is 0 Å². The number of hydrogen-bond donors (Lipinski definition) is 1. The van der Waals surface area contributed by atoms with Crippen molar-refractivity contribution >= 4 is 0 Å². The van der Waals surface area contributed by atoms with E-state index in [1.54, 1.807) is 0 Å². The molecule has 5 rings (SSSR count). The largest absolute Gasteiger partial charge is 0.390 e. The van der Waals surface area contributed by atoms with Crippen molar-refractivity contribution in [2.75, 3.05) is 13.2 Å². The molecule has 0 aromatic carbocycles. The van der Waals surface area contributed by atoms with Gasteiger partial charge in [-0.1, -0.05) is 13.8 Å². The molecule has 0 bridgehead atoms. The van der Waals surface area contributed by atoms with E-state index in [-0.39, 0.29) is 11.2 Å². The molecule has 4 saturated carbocycles. The van der Waals surface area contributed by atoms with E-state index < -0.39 is 5.60 Å². The van der Waals surface area contributed by atoms with E-state index in [2.05, 4.69) is 20.8 Å². The number of hydrogen-bond acceptors (Lipinski definition) is 3. The minimum Gasteiger partial charge on any atom is -0.390 e. The highest BCUT2D eigenvalue weighted by atomic mass is 16.7. The monoisotopic (exact) mass is 348 g/mol. The van der Waals surface area contributed by atoms with Crippen molar-refractivity contribution in [2.45, 2.75) is 89.9 Å². The van der Waals surface area contributed by atoms with Crippen molar-refractivity contribution in [1.82, 2.24) is 0 Å². The van der Waals surface area contributed by atoms with Crippen LogP contribution in [0.4, 0.5) is 0 Å². The summed E-state index contributed by atoms with van der Waals surface area (Å²) in [4.78, 5) is 0. The first-order chi connectivity index (χ1) is 11.8. The van der Waals surface area contributed by atoms with Crippen molar-refractivity contribution in [3.05, 3.63) is 0 Å². The number of ether oxygens (including phenoxy) is 2. The molecular weight excluding hydrogens is 312 g/mol. The van der Waals surface area contributed by atoms with Crippen LogP contribution in [0.2, 0.25) is 0 Å². The van der Waals surface area contributed by atoms with Gasteiger partial charge in [0.2, 0.25) is 0 Å². The fourth-order valence-corrected chi connectivity index (χ4v) is 8.20. The summed E-state index contributed by atoms with van der Waals surface area (Å²) in [6.45, 7) is 8.66. The second-order valence-corrected chi connectivity index (χ2v) is 10.7. The van der Waals surface area contributed by atoms with E-state index >= 15 is 0 Å². The van der Waals surface area contributed by atoms with Crippen LogP contribution in [0.3, 0.4) is 0 Å². The van der Waals surface area contributed by atoms with Crippen LogP contribution in [0.25, 0.3) is 0 Å². The molecule has 0 aromatic rings. The van der Waals surface area contributed by atoms with E-state index in [4.69, 9.17) is 9.47 Å². The number of rotatable bonds is 0. The smallest absolute Gasteiger partial charge is 0.168 e. The van der Waals surface area contributed by atoms with Crippen LogP contribution in [0, 0.1) is 34.5 Å². The van der Waals surface area contributed by atoms with Gasteiger partial charge in [-0.2, -0.15) is 0 Å². The Morgan fingerprint density at radius 3 is 2.28 bits per heavy atom. The van der Waals surface area contributed by atoms with Crippen LogP contribution >= 0.6 is 0 Å². The zero-order valence-electron chi connectivity index (χ0n) is 16.4. The molecule has 1 saturated heterocycles. The SMILES string of the molecule is C[C@]12CCC3(C[C@H]1CC[C@@H]1[C@H]4CC[C@@](C)(O)[C@]4(C)CC[C@@H]12)OCCO3. The zero-order valence-corrected chi connectivity index (χ0v) is 16.4. The van der Waals surface area contributed by atoms with Gasteiger partial charge in [-0.05, 0) is 86.4 Å². The molecule has 5 aliphatic rings. The second kappa shape index (κ2) is 5.23. The molecule has 3 heteroatoms. The molecule has 0 aromatic heterocycles. The molecule has 1 heterocycles. The topological polar surface area (TPSA) is 38.7 Å². The summed E-state index contributed by atoms with van der Waals surface area (Å²) in [6, 6.07) is 0. The molecule has 5 fully saturated rings. The Bertz CT molecular complexity index is 551. The summed E-state index contributed by atoms with van der Waals surface area (Å²) >= 11 is 0. The quantitative estimate of drug-likeness (QED) is 0.699. The standard InChI is InChI=1S/C22H36O3/c1-19-10-11-22(24-12-13-25-22)14-15(19)4-5-16-17(19)6-8-20(2)18(16)7-9-21(20,3)23/h15-18,23H,4-14H2,1-3H3/t15-,16+,17+,18-,19+,20-,21-/m1/s1. The van der Waals surface area contributed by atoms with Crippen LogP contribution in [-0.2, 0) is 9.47 Å². The average Bonchev–Trinajstić information content (AvgIpc) is 3.11. The van der Waals surface area contributed by atoms with Crippen LogP contribution in [0.5, 0.6) is 0 Å². The van der Waals surface area contributed by atoms with Crippen LogP contribution in [0.1, 0.15) is 78.6 Å². The van der Waals surface area contributed by atoms with Crippen molar-refractivity contribution in [1.29, 1.82) is 0 Å². The molecule has 142 valence electrons. The normalized spacial score (nSPS) is 57.1. The Morgan fingerprint density at radius 1 is 0.800 bits per heavy atom. The molecule has 0 amide bonds. The first-order valence-corrected chi connectivity index (χ1v) is 10.8. The number of fused-ring (bicyclic) bond motifs is 5. The molecule has 3 nitrogen and oxygen atoms in total. The predicted octanol–water partition coefficient (Wildman–Crippen LogP) is 4.52. The minimum absolute atomic E-state index is 0.144. The molecule has 25 heavy (non-hydrogen) atoms. The summed E-state index contributed by atoms with van der Waals surface area (Å²) in [7, 11) is 0. The van der Waals surface area contributed by atoms with E-state index in [1.807, 2.05) is 0 Å². The first kappa shape index (κ1) is 17.0. The van der Waals surface area contributed by atoms with Gasteiger partial charge in [-0.15, -0.1) is 0 Å². The summed E-state index contributed by atoms with van der Waals surface area (Å²) in [5.74, 6) is 2.92. The fraction of sp³-hybridized carbons (Fsp3) is 1.00. The van der Waals surface area contributed by atoms with Crippen LogP contribution in [0.15, 0.2) is 0 Å². The van der Waals surface area contributed by atoms with Gasteiger partial charge >= 0.3 is 0 Å². The van der Waals surface area contributed by atoms with Crippen molar-refractivity contribution < 1.29 is 14.6 Å². The second-order valence-electron chi connectivity index (χ2n) is 10.7. The van der Waals surface area contributed by atoms with Crippen LogP contribution < -0.4 is 0 Å². The molecule has 4 aliphatic carbocycles. The van der Waals surface area contributed by atoms with Crippen molar-refractivity contribution in [2.24, 2.45) is 34.5 Å². The maximum absolute atomic E-state index is 11.0. The van der Waals surface area contributed by atoms with Gasteiger partial charge < -0.3 is 14.6 Å². The highest BCUT2D eigenvalue weighted by Crippen LogP contribution is 2.69. The van der Waals surface area contributed by atoms with E-state index in [0.717, 1.165) is 56.1 Å². The Morgan fingerprint density at radius 2 is 1.52 bits per heavy atom. The van der Waals surface area contributed by atoms with Gasteiger partial charge in [-0.25, -0.2) is 0 Å². The zero-order chi connectivity index (χ0) is 17.5. The van der Waals surface area contributed by atoms with Gasteiger partial charge in [0.15, 0.2) is 5.79 Å². The van der Waals surface area contributed by atoms with E-state index in [1.165, 1.54) is 38.5 Å². The highest BCUT2D eigenvalue weighted by molar-refractivity contribution is 5.13. The lowest BCUT2D eigenvalue weighted by Crippen LogP contribution is -2.57. The fourth-order valence-electron chi connectivity index (χ4n) is 8.20. The van der Waals surface area contributed by atoms with Crippen molar-refractivity contribution in [3.63, 3.8) is 0 Å². The molecule has 1 N–H and O–H groups in total. The Hall–Kier alpha value is -0.120. The molecule has 1 aliphatic heterocycles. The Kier molecular flexibility index (Phi) is 3.56. The maximum Gasteiger partial charge on any atom is 0.168 e. The third-order valence-corrected chi connectivity index (χ3v) is 10.0. The summed E-state index contributed by atoms with van der Waals surface area (Å²) in [5, 5.41) is 11.0. The maximum atomic E-state index is 11.0. The Labute approximate surface area is 152 Å². The Balaban J connectivity index is 1.41. The molecular formula is C22H36O3. The van der Waals surface area contributed by atoms with Gasteiger partial charge in [0.25, 0.3) is 0 Å². The van der Waals surface area contributed by atoms with E-state index in [9.17, 15) is 5.11 Å². The molecule has 0 radical (unpaired) electrons. The predicted molar refractivity (Wildman–Crippen MR) is 97.0 cm³/mol. The average molecular weight is 349 g/mol. The lowest BCUT2D eigenvalue weighted by Gasteiger charge is -2.62. The summed E-state index contributed by atoms with van der Waals surface area (Å²) in [5.41, 5.74) is 0.146. The summed E-state index contributed by atoms with van der Waals surface area (Å²) < 4.78 is 12.1. The van der Waals surface area contributed by atoms with Crippen LogP contribution in [-0.4, -0.2) is 29.7 Å². The van der Waals surface area contributed by atoms with Gasteiger partial charge in [0.1, 0.15) is 0 Å². The van der Waals surface area contributed by atoms with Gasteiger partial charge in [-0.3, -0.25) is 0 Å². The van der Waals surface area contributed by atoms with Gasteiger partial charge in [0.05, 0.1) is 18.8 Å². The lowest BCUT2D eigenvalue weighted by atomic mass is 9.44. The van der Waals surface area contributed by atoms with Gasteiger partial charge in [0, 0.05) is 12.8 Å². The molecule has 7 atom stereocenters. The molecule has 0 unspecified atom stereocenters. The third kappa shape index (κ3) is 2.15. The van der Waals surface area contributed by atoms with E-state index in [0.29, 0.717) is 5.41 Å². The summed E-state index contributed by atoms with van der Waals surface area (Å²) in [6.07, 6.45) is 10.9. The first-order valence-electron chi connectivity index (χ1n) is 10.8. The lowest BCUT2D eigenvalue weighted by molar-refractivity contribution is -0.232. The minimum atomic E-state index is -0.456. The highest BCUT2D eigenvalue weighted by Gasteiger charge is 2.64. The number of aliphatic hydroxyl groups is 1. The third-order valence-electron chi connectivity index (χ3n) is 10.0. The molecule has 1 spiro atoms.